The van der Waals surface area contributed by atoms with Crippen LogP contribution in [0.25, 0.3) is 0 Å². The summed E-state index contributed by atoms with van der Waals surface area (Å²) in [5.74, 6) is -0.481. The van der Waals surface area contributed by atoms with Crippen molar-refractivity contribution in [3.63, 3.8) is 0 Å². The third-order valence-corrected chi connectivity index (χ3v) is 2.17. The standard InChI is InChI=1S/C10H17N3O3/c1-6(5-15-4)16-10(14)9-8(11)7(2)12-13(9)3/h6H,5,11H2,1-4H3. The van der Waals surface area contributed by atoms with Crippen LogP contribution in [-0.4, -0.2) is 35.6 Å². The number of anilines is 1. The number of nitrogens with two attached hydrogens (primary N) is 1. The number of carbonyl (C=O) groups excluding carboxylic acids is 1. The molecule has 16 heavy (non-hydrogen) atoms. The van der Waals surface area contributed by atoms with Gasteiger partial charge in [0.25, 0.3) is 0 Å². The summed E-state index contributed by atoms with van der Waals surface area (Å²) < 4.78 is 11.4. The number of ether oxygens (including phenoxy) is 2. The second-order valence-corrected chi connectivity index (χ2v) is 3.64. The second-order valence-electron chi connectivity index (χ2n) is 3.64. The van der Waals surface area contributed by atoms with Crippen molar-refractivity contribution in [1.29, 1.82) is 0 Å². The molecule has 6 nitrogen and oxygen atoms in total. The normalized spacial score (nSPS) is 12.5. The van der Waals surface area contributed by atoms with Crippen molar-refractivity contribution in [1.82, 2.24) is 9.78 Å². The summed E-state index contributed by atoms with van der Waals surface area (Å²) in [6.07, 6.45) is -0.313. The topological polar surface area (TPSA) is 79.4 Å². The molecule has 0 saturated carbocycles. The number of nitrogens with zero attached hydrogens (tertiary/aromatic N) is 2. The van der Waals surface area contributed by atoms with Gasteiger partial charge in [-0.2, -0.15) is 5.10 Å². The summed E-state index contributed by atoms with van der Waals surface area (Å²) in [5, 5.41) is 4.04. The van der Waals surface area contributed by atoms with Crippen molar-refractivity contribution >= 4 is 11.7 Å². The molecule has 0 aliphatic heterocycles. The number of methoxy groups -OCH3 is 1. The highest BCUT2D eigenvalue weighted by atomic mass is 16.6. The molecule has 0 amide bonds. The smallest absolute Gasteiger partial charge is 0.359 e. The van der Waals surface area contributed by atoms with E-state index in [1.165, 1.54) is 4.68 Å². The lowest BCUT2D eigenvalue weighted by atomic mass is 10.3. The van der Waals surface area contributed by atoms with E-state index in [4.69, 9.17) is 15.2 Å². The number of rotatable bonds is 4. The Kier molecular flexibility index (Phi) is 3.89. The van der Waals surface area contributed by atoms with Crippen molar-refractivity contribution < 1.29 is 14.3 Å². The third-order valence-electron chi connectivity index (χ3n) is 2.17. The molecule has 1 heterocycles. The van der Waals surface area contributed by atoms with E-state index >= 15 is 0 Å². The Hall–Kier alpha value is -1.56. The van der Waals surface area contributed by atoms with E-state index in [1.54, 1.807) is 28.0 Å². The van der Waals surface area contributed by atoms with Gasteiger partial charge in [-0.15, -0.1) is 0 Å². The van der Waals surface area contributed by atoms with Crippen LogP contribution in [0.1, 0.15) is 23.1 Å². The van der Waals surface area contributed by atoms with Crippen molar-refractivity contribution in [3.8, 4) is 0 Å². The Labute approximate surface area is 94.3 Å². The van der Waals surface area contributed by atoms with Crippen LogP contribution < -0.4 is 5.73 Å². The molecule has 0 spiro atoms. The quantitative estimate of drug-likeness (QED) is 0.758. The first-order chi connectivity index (χ1) is 7.47. The molecule has 6 heteroatoms. The maximum Gasteiger partial charge on any atom is 0.359 e. The van der Waals surface area contributed by atoms with Gasteiger partial charge in [-0.1, -0.05) is 0 Å². The van der Waals surface area contributed by atoms with Gasteiger partial charge in [0.15, 0.2) is 5.69 Å². The van der Waals surface area contributed by atoms with Gasteiger partial charge < -0.3 is 15.2 Å². The van der Waals surface area contributed by atoms with Gasteiger partial charge in [0.05, 0.1) is 18.0 Å². The lowest BCUT2D eigenvalue weighted by molar-refractivity contribution is 0.0111. The molecule has 90 valence electrons. The monoisotopic (exact) mass is 227 g/mol. The minimum atomic E-state index is -0.481. The highest BCUT2D eigenvalue weighted by Crippen LogP contribution is 2.16. The zero-order valence-electron chi connectivity index (χ0n) is 9.98. The fourth-order valence-corrected chi connectivity index (χ4v) is 1.42. The maximum atomic E-state index is 11.8. The van der Waals surface area contributed by atoms with Crippen LogP contribution in [-0.2, 0) is 16.5 Å². The van der Waals surface area contributed by atoms with Crippen LogP contribution in [0, 0.1) is 6.92 Å². The van der Waals surface area contributed by atoms with E-state index in [-0.39, 0.29) is 11.8 Å². The molecule has 0 saturated heterocycles. The SMILES string of the molecule is COCC(C)OC(=O)c1c(N)c(C)nn1C. The number of aryl methyl sites for hydroxylation is 2. The Morgan fingerprint density at radius 2 is 2.25 bits per heavy atom. The molecule has 0 bridgehead atoms. The Morgan fingerprint density at radius 3 is 2.69 bits per heavy atom. The molecule has 1 rings (SSSR count). The van der Waals surface area contributed by atoms with E-state index in [0.717, 1.165) is 0 Å². The van der Waals surface area contributed by atoms with Crippen LogP contribution >= 0.6 is 0 Å². The molecule has 1 atom stereocenters. The average molecular weight is 227 g/mol. The predicted octanol–water partition coefficient (Wildman–Crippen LogP) is 0.502. The zero-order valence-corrected chi connectivity index (χ0v) is 9.98. The van der Waals surface area contributed by atoms with Gasteiger partial charge in [-0.25, -0.2) is 4.79 Å². The number of hydrogen-bond donors (Lipinski definition) is 1. The molecule has 0 aromatic carbocycles. The molecule has 0 fully saturated rings. The minimum absolute atomic E-state index is 0.278. The first kappa shape index (κ1) is 12.5. The van der Waals surface area contributed by atoms with Crippen molar-refractivity contribution in [2.45, 2.75) is 20.0 Å². The average Bonchev–Trinajstić information content (AvgIpc) is 2.41. The highest BCUT2D eigenvalue weighted by Gasteiger charge is 2.21. The fourth-order valence-electron chi connectivity index (χ4n) is 1.42. The fraction of sp³-hybridized carbons (Fsp3) is 0.600. The van der Waals surface area contributed by atoms with Crippen LogP contribution in [0.4, 0.5) is 5.69 Å². The van der Waals surface area contributed by atoms with Crippen LogP contribution in [0.3, 0.4) is 0 Å². The summed E-state index contributed by atoms with van der Waals surface area (Å²) in [4.78, 5) is 11.8. The predicted molar refractivity (Wildman–Crippen MR) is 59.1 cm³/mol. The molecular formula is C10H17N3O3. The second kappa shape index (κ2) is 4.98. The molecule has 1 unspecified atom stereocenters. The van der Waals surface area contributed by atoms with E-state index in [1.807, 2.05) is 0 Å². The third kappa shape index (κ3) is 2.52. The number of carbonyl (C=O) groups is 1. The van der Waals surface area contributed by atoms with E-state index in [9.17, 15) is 4.79 Å². The van der Waals surface area contributed by atoms with Crippen molar-refractivity contribution in [2.75, 3.05) is 19.5 Å². The van der Waals surface area contributed by atoms with Crippen molar-refractivity contribution in [2.24, 2.45) is 7.05 Å². The lowest BCUT2D eigenvalue weighted by Gasteiger charge is -2.12. The molecular weight excluding hydrogens is 210 g/mol. The first-order valence-corrected chi connectivity index (χ1v) is 4.96. The Bertz CT molecular complexity index is 387. The van der Waals surface area contributed by atoms with E-state index in [0.29, 0.717) is 18.0 Å². The molecule has 1 aromatic heterocycles. The summed E-state index contributed by atoms with van der Waals surface area (Å²) in [5.41, 5.74) is 6.99. The number of esters is 1. The first-order valence-electron chi connectivity index (χ1n) is 4.96. The minimum Gasteiger partial charge on any atom is -0.455 e. The van der Waals surface area contributed by atoms with Gasteiger partial charge in [0.1, 0.15) is 6.10 Å². The molecule has 2 N–H and O–H groups in total. The zero-order chi connectivity index (χ0) is 12.3. The molecule has 0 radical (unpaired) electrons. The summed E-state index contributed by atoms with van der Waals surface area (Å²) in [6, 6.07) is 0. The summed E-state index contributed by atoms with van der Waals surface area (Å²) in [6.45, 7) is 3.84. The summed E-state index contributed by atoms with van der Waals surface area (Å²) >= 11 is 0. The van der Waals surface area contributed by atoms with E-state index < -0.39 is 5.97 Å². The van der Waals surface area contributed by atoms with Crippen LogP contribution in [0.5, 0.6) is 0 Å². The summed E-state index contributed by atoms with van der Waals surface area (Å²) in [7, 11) is 3.20. The van der Waals surface area contributed by atoms with Gasteiger partial charge in [0.2, 0.25) is 0 Å². The Morgan fingerprint density at radius 1 is 1.62 bits per heavy atom. The number of hydrogen-bond acceptors (Lipinski definition) is 5. The van der Waals surface area contributed by atoms with Gasteiger partial charge in [-0.05, 0) is 13.8 Å². The van der Waals surface area contributed by atoms with Crippen LogP contribution in [0.2, 0.25) is 0 Å². The molecule has 0 aliphatic rings. The van der Waals surface area contributed by atoms with Gasteiger partial charge in [0, 0.05) is 14.2 Å². The number of nitrogen functional groups attached to an aromatic ring is 1. The largest absolute Gasteiger partial charge is 0.455 e. The Balaban J connectivity index is 2.80. The van der Waals surface area contributed by atoms with Crippen molar-refractivity contribution in [3.05, 3.63) is 11.4 Å². The van der Waals surface area contributed by atoms with Gasteiger partial charge >= 0.3 is 5.97 Å². The van der Waals surface area contributed by atoms with Gasteiger partial charge in [-0.3, -0.25) is 4.68 Å². The molecule has 0 aliphatic carbocycles. The number of aromatic nitrogens is 2. The van der Waals surface area contributed by atoms with E-state index in [2.05, 4.69) is 5.10 Å². The molecule has 1 aromatic rings. The highest BCUT2D eigenvalue weighted by molar-refractivity contribution is 5.93. The maximum absolute atomic E-state index is 11.8. The van der Waals surface area contributed by atoms with Crippen LogP contribution in [0.15, 0.2) is 0 Å². The lowest BCUT2D eigenvalue weighted by Crippen LogP contribution is -2.22.